The maximum atomic E-state index is 14.2. The summed E-state index contributed by atoms with van der Waals surface area (Å²) in [5.74, 6) is 2.11. The summed E-state index contributed by atoms with van der Waals surface area (Å²) >= 11 is 0. The summed E-state index contributed by atoms with van der Waals surface area (Å²) in [5, 5.41) is 10.0. The van der Waals surface area contributed by atoms with Gasteiger partial charge in [0.1, 0.15) is 17.2 Å². The molecule has 0 amide bonds. The van der Waals surface area contributed by atoms with Gasteiger partial charge in [-0.15, -0.1) is 0 Å². The molecule has 2 atom stereocenters. The van der Waals surface area contributed by atoms with Gasteiger partial charge in [0, 0.05) is 24.9 Å². The molecule has 1 saturated carbocycles. The van der Waals surface area contributed by atoms with Gasteiger partial charge in [-0.3, -0.25) is 4.98 Å². The zero-order valence-electron chi connectivity index (χ0n) is 19.4. The second kappa shape index (κ2) is 9.27. The van der Waals surface area contributed by atoms with Crippen molar-refractivity contribution in [3.8, 4) is 0 Å². The van der Waals surface area contributed by atoms with Crippen molar-refractivity contribution in [3.63, 3.8) is 0 Å². The number of piperidine rings is 1. The smallest absolute Gasteiger partial charge is 0.175 e. The van der Waals surface area contributed by atoms with Gasteiger partial charge in [-0.25, -0.2) is 17.8 Å². The number of hydrogen-bond acceptors (Lipinski definition) is 7. The van der Waals surface area contributed by atoms with Crippen LogP contribution in [0.2, 0.25) is 0 Å². The third kappa shape index (κ3) is 5.88. The van der Waals surface area contributed by atoms with Crippen molar-refractivity contribution in [1.82, 2.24) is 9.97 Å². The van der Waals surface area contributed by atoms with E-state index in [1.54, 1.807) is 26.2 Å². The van der Waals surface area contributed by atoms with Crippen LogP contribution in [0, 0.1) is 23.6 Å². The van der Waals surface area contributed by atoms with Crippen molar-refractivity contribution >= 4 is 15.7 Å². The lowest BCUT2D eigenvalue weighted by atomic mass is 9.91. The quantitative estimate of drug-likeness (QED) is 0.623. The summed E-state index contributed by atoms with van der Waals surface area (Å²) in [6, 6.07) is 3.97. The van der Waals surface area contributed by atoms with Gasteiger partial charge in [0.05, 0.1) is 36.2 Å². The van der Waals surface area contributed by atoms with Crippen LogP contribution < -0.4 is 4.90 Å². The molecule has 1 aliphatic carbocycles. The molecule has 0 spiro atoms. The molecule has 4 rings (SSSR count). The predicted octanol–water partition coefficient (Wildman–Crippen LogP) is 3.32. The number of aromatic nitrogens is 2. The summed E-state index contributed by atoms with van der Waals surface area (Å²) in [5.41, 5.74) is -0.0507. The van der Waals surface area contributed by atoms with Crippen LogP contribution in [0.3, 0.4) is 0 Å². The summed E-state index contributed by atoms with van der Waals surface area (Å²) in [4.78, 5) is 11.1. The van der Waals surface area contributed by atoms with E-state index in [1.807, 2.05) is 0 Å². The number of rotatable bonds is 8. The summed E-state index contributed by atoms with van der Waals surface area (Å²) in [6.07, 6.45) is 7.78. The number of anilines is 1. The first-order valence-corrected chi connectivity index (χ1v) is 13.3. The lowest BCUT2D eigenvalue weighted by Gasteiger charge is -2.33. The van der Waals surface area contributed by atoms with Gasteiger partial charge < -0.3 is 14.7 Å². The van der Waals surface area contributed by atoms with E-state index in [0.717, 1.165) is 50.5 Å². The Labute approximate surface area is 194 Å². The van der Waals surface area contributed by atoms with Crippen LogP contribution in [0.5, 0.6) is 0 Å². The molecule has 2 aromatic rings. The van der Waals surface area contributed by atoms with Crippen LogP contribution in [0.4, 0.5) is 10.2 Å². The molecule has 1 saturated heterocycles. The maximum absolute atomic E-state index is 14.2. The number of halogens is 1. The molecule has 7 nitrogen and oxygen atoms in total. The van der Waals surface area contributed by atoms with Gasteiger partial charge in [0.2, 0.25) is 0 Å². The molecule has 2 heterocycles. The summed E-state index contributed by atoms with van der Waals surface area (Å²) < 4.78 is 43.0. The molecule has 0 bridgehead atoms. The normalized spacial score (nSPS) is 21.9. The van der Waals surface area contributed by atoms with E-state index in [4.69, 9.17) is 4.74 Å². The fraction of sp³-hybridized carbons (Fsp3) is 0.583. The molecular weight excluding hydrogens is 445 g/mol. The first-order chi connectivity index (χ1) is 15.5. The van der Waals surface area contributed by atoms with Gasteiger partial charge in [-0.2, -0.15) is 0 Å². The van der Waals surface area contributed by atoms with Crippen LogP contribution in [-0.4, -0.2) is 49.4 Å². The zero-order valence-corrected chi connectivity index (χ0v) is 20.2. The molecule has 1 N–H and O–H groups in total. The fourth-order valence-electron chi connectivity index (χ4n) is 4.59. The van der Waals surface area contributed by atoms with Gasteiger partial charge >= 0.3 is 0 Å². The molecule has 180 valence electrons. The van der Waals surface area contributed by atoms with E-state index >= 15 is 0 Å². The van der Waals surface area contributed by atoms with Crippen LogP contribution in [-0.2, 0) is 26.8 Å². The highest BCUT2D eigenvalue weighted by molar-refractivity contribution is 7.90. The second-order valence-corrected chi connectivity index (χ2v) is 11.9. The molecule has 0 radical (unpaired) electrons. The lowest BCUT2D eigenvalue weighted by Crippen LogP contribution is -2.35. The summed E-state index contributed by atoms with van der Waals surface area (Å²) in [6.45, 7) is 6.01. The highest BCUT2D eigenvalue weighted by atomic mass is 32.2. The predicted molar refractivity (Wildman–Crippen MR) is 123 cm³/mol. The Hall–Kier alpha value is -2.10. The minimum atomic E-state index is -3.42. The Morgan fingerprint density at radius 1 is 1.21 bits per heavy atom. The van der Waals surface area contributed by atoms with Crippen molar-refractivity contribution < 1.29 is 22.7 Å². The molecule has 2 fully saturated rings. The highest BCUT2D eigenvalue weighted by Crippen LogP contribution is 2.48. The fourth-order valence-corrected chi connectivity index (χ4v) is 5.23. The minimum absolute atomic E-state index is 0.0171. The molecule has 2 unspecified atom stereocenters. The van der Waals surface area contributed by atoms with Crippen LogP contribution in [0.15, 0.2) is 35.5 Å². The van der Waals surface area contributed by atoms with E-state index in [1.165, 1.54) is 12.1 Å². The first kappa shape index (κ1) is 24.0. The minimum Gasteiger partial charge on any atom is -0.384 e. The van der Waals surface area contributed by atoms with Crippen molar-refractivity contribution in [3.05, 3.63) is 47.7 Å². The number of sulfone groups is 1. The zero-order chi connectivity index (χ0) is 23.8. The molecule has 9 heteroatoms. The van der Waals surface area contributed by atoms with Crippen LogP contribution in [0.25, 0.3) is 0 Å². The first-order valence-electron chi connectivity index (χ1n) is 11.4. The summed E-state index contributed by atoms with van der Waals surface area (Å²) in [7, 11) is -3.42. The molecule has 1 aliphatic heterocycles. The number of benzene rings is 1. The monoisotopic (exact) mass is 477 g/mol. The van der Waals surface area contributed by atoms with Gasteiger partial charge in [0.25, 0.3) is 0 Å². The van der Waals surface area contributed by atoms with Gasteiger partial charge in [0.15, 0.2) is 9.84 Å². The highest BCUT2D eigenvalue weighted by Gasteiger charge is 2.43. The largest absolute Gasteiger partial charge is 0.384 e. The number of hydrogen-bond donors (Lipinski definition) is 1. The number of aliphatic hydroxyl groups is 1. The Morgan fingerprint density at radius 2 is 1.94 bits per heavy atom. The van der Waals surface area contributed by atoms with E-state index < -0.39 is 21.3 Å². The lowest BCUT2D eigenvalue weighted by molar-refractivity contribution is 0.0734. The molecular formula is C24H32FN3O4S. The van der Waals surface area contributed by atoms with Crippen molar-refractivity contribution in [2.45, 2.75) is 50.2 Å². The van der Waals surface area contributed by atoms with Crippen molar-refractivity contribution in [2.24, 2.45) is 17.8 Å². The number of ether oxygens (including phenoxy) is 1. The van der Waals surface area contributed by atoms with E-state index in [-0.39, 0.29) is 11.5 Å². The SMILES string of the molecule is CC(C)(O)c1cnc(N2CCC(C3CC3COCc3ccc(S(C)(=O)=O)cc3F)CC2)cn1. The van der Waals surface area contributed by atoms with E-state index in [2.05, 4.69) is 14.9 Å². The van der Waals surface area contributed by atoms with Crippen LogP contribution in [0.1, 0.15) is 44.4 Å². The average molecular weight is 478 g/mol. The van der Waals surface area contributed by atoms with Crippen LogP contribution >= 0.6 is 0 Å². The third-order valence-corrected chi connectivity index (χ3v) is 7.86. The Balaban J connectivity index is 1.20. The Morgan fingerprint density at radius 3 is 2.52 bits per heavy atom. The Kier molecular flexibility index (Phi) is 6.75. The standard InChI is InChI=1S/C24H32FN3O4S/c1-24(2,29)22-12-27-23(13-26-22)28-8-6-16(7-9-28)20-10-18(20)15-32-14-17-4-5-19(11-21(17)25)33(3,30)31/h4-5,11-13,16,18,20,29H,6-10,14-15H2,1-3H3. The molecule has 1 aromatic heterocycles. The van der Waals surface area contributed by atoms with Gasteiger partial charge in [-0.05, 0) is 63.0 Å². The second-order valence-electron chi connectivity index (χ2n) is 9.84. The van der Waals surface area contributed by atoms with E-state index in [9.17, 15) is 17.9 Å². The van der Waals surface area contributed by atoms with Crippen molar-refractivity contribution in [2.75, 3.05) is 30.9 Å². The molecule has 33 heavy (non-hydrogen) atoms. The van der Waals surface area contributed by atoms with Gasteiger partial charge in [-0.1, -0.05) is 6.07 Å². The maximum Gasteiger partial charge on any atom is 0.175 e. The third-order valence-electron chi connectivity index (χ3n) is 6.75. The Bertz CT molecular complexity index is 1080. The topological polar surface area (TPSA) is 92.6 Å². The van der Waals surface area contributed by atoms with E-state index in [0.29, 0.717) is 35.6 Å². The molecule has 1 aromatic carbocycles. The molecule has 2 aliphatic rings. The number of nitrogens with zero attached hydrogens (tertiary/aromatic N) is 3. The van der Waals surface area contributed by atoms with Crippen molar-refractivity contribution in [1.29, 1.82) is 0 Å². The average Bonchev–Trinajstić information content (AvgIpc) is 3.53.